The molecule has 0 amide bonds. The maximum Gasteiger partial charge on any atom is 0.537 e. The molecule has 0 saturated heterocycles. The lowest BCUT2D eigenvalue weighted by Gasteiger charge is -2.28. The van der Waals surface area contributed by atoms with Crippen molar-refractivity contribution in [1.82, 2.24) is 0 Å². The van der Waals surface area contributed by atoms with E-state index < -0.39 is 17.6 Å². The summed E-state index contributed by atoms with van der Waals surface area (Å²) in [5, 5.41) is 1.03. The van der Waals surface area contributed by atoms with Crippen LogP contribution in [0.4, 0.5) is 0 Å². The van der Waals surface area contributed by atoms with Crippen molar-refractivity contribution in [2.75, 3.05) is 41.2 Å². The van der Waals surface area contributed by atoms with Gasteiger partial charge in [-0.15, -0.1) is 0 Å². The van der Waals surface area contributed by atoms with Gasteiger partial charge < -0.3 is 26.6 Å². The third kappa shape index (κ3) is 8.97. The summed E-state index contributed by atoms with van der Waals surface area (Å²) >= 11 is 0. The molecule has 0 spiro atoms. The summed E-state index contributed by atoms with van der Waals surface area (Å²) in [7, 11) is 0.0331. The second-order valence-corrected chi connectivity index (χ2v) is 11.3. The quantitative estimate of drug-likeness (QED) is 0.456. The fraction of sp³-hybridized carbons (Fsp3) is 0.684. The van der Waals surface area contributed by atoms with Gasteiger partial charge in [0.2, 0.25) is 0 Å². The summed E-state index contributed by atoms with van der Waals surface area (Å²) in [6.45, 7) is 9.82. The molecule has 0 bridgehead atoms. The second-order valence-electron chi connectivity index (χ2n) is 5.62. The van der Waals surface area contributed by atoms with E-state index in [4.69, 9.17) is 26.6 Å². The monoisotopic (exact) mass is 418 g/mol. The Hall–Kier alpha value is -0.586. The molecule has 1 aromatic carbocycles. The molecule has 0 aliphatic rings. The number of hydrogen-bond donors (Lipinski definition) is 0. The van der Waals surface area contributed by atoms with Crippen LogP contribution in [0.25, 0.3) is 0 Å². The lowest BCUT2D eigenvalue weighted by molar-refractivity contribution is 0.0859. The van der Waals surface area contributed by atoms with Crippen LogP contribution in [0.15, 0.2) is 30.3 Å². The molecule has 1 aromatic rings. The molecule has 158 valence electrons. The molecule has 0 atom stereocenters. The summed E-state index contributed by atoms with van der Waals surface area (Å²) in [6, 6.07) is 10.9. The van der Waals surface area contributed by atoms with Gasteiger partial charge in [0.15, 0.2) is 0 Å². The summed E-state index contributed by atoms with van der Waals surface area (Å²) in [6.07, 6.45) is 2.24. The van der Waals surface area contributed by atoms with Gasteiger partial charge in [-0.3, -0.25) is 0 Å². The summed E-state index contributed by atoms with van der Waals surface area (Å²) in [5.74, 6) is 0. The Bertz CT molecular complexity index is 431. The van der Waals surface area contributed by atoms with E-state index in [0.717, 1.165) is 24.1 Å². The fourth-order valence-electron chi connectivity index (χ4n) is 2.54. The minimum Gasteiger partial charge on any atom is -0.377 e. The van der Waals surface area contributed by atoms with Crippen LogP contribution in [0, 0.1) is 0 Å². The average Bonchev–Trinajstić information content (AvgIpc) is 2.71. The van der Waals surface area contributed by atoms with Crippen LogP contribution in [0.5, 0.6) is 0 Å². The number of hydrogen-bond acceptors (Lipinski definition) is 6. The molecule has 8 heteroatoms. The first-order valence-electron chi connectivity index (χ1n) is 9.66. The van der Waals surface area contributed by atoms with E-state index in [0.29, 0.717) is 19.8 Å². The molecule has 27 heavy (non-hydrogen) atoms. The maximum atomic E-state index is 5.79. The molecular formula is C19H38O6Si2. The van der Waals surface area contributed by atoms with E-state index in [1.54, 1.807) is 21.3 Å². The van der Waals surface area contributed by atoms with E-state index >= 15 is 0 Å². The Morgan fingerprint density at radius 1 is 0.704 bits per heavy atom. The lowest BCUT2D eigenvalue weighted by atomic mass is 10.4. The van der Waals surface area contributed by atoms with E-state index in [2.05, 4.69) is 6.92 Å². The fourth-order valence-corrected chi connectivity index (χ4v) is 6.93. The van der Waals surface area contributed by atoms with Gasteiger partial charge in [-0.2, -0.15) is 0 Å². The zero-order valence-corrected chi connectivity index (χ0v) is 20.1. The highest BCUT2D eigenvalue weighted by molar-refractivity contribution is 6.75. The van der Waals surface area contributed by atoms with Gasteiger partial charge in [-0.25, -0.2) is 0 Å². The maximum absolute atomic E-state index is 5.79. The summed E-state index contributed by atoms with van der Waals surface area (Å²) < 4.78 is 33.1. The van der Waals surface area contributed by atoms with E-state index in [1.807, 2.05) is 51.1 Å². The van der Waals surface area contributed by atoms with E-state index in [1.165, 1.54) is 0 Å². The van der Waals surface area contributed by atoms with Crippen molar-refractivity contribution < 1.29 is 26.6 Å². The van der Waals surface area contributed by atoms with Crippen molar-refractivity contribution in [3.8, 4) is 0 Å². The van der Waals surface area contributed by atoms with Crippen LogP contribution >= 0.6 is 0 Å². The predicted molar refractivity (Wildman–Crippen MR) is 113 cm³/mol. The van der Waals surface area contributed by atoms with Gasteiger partial charge in [0, 0.05) is 52.4 Å². The van der Waals surface area contributed by atoms with Crippen LogP contribution in [0.3, 0.4) is 0 Å². The predicted octanol–water partition coefficient (Wildman–Crippen LogP) is 3.61. The Balaban J connectivity index is 0.000000541. The van der Waals surface area contributed by atoms with Crippen LogP contribution in [0.1, 0.15) is 40.5 Å². The third-order valence-corrected chi connectivity index (χ3v) is 9.78. The molecule has 0 aliphatic heterocycles. The molecular weight excluding hydrogens is 380 g/mol. The summed E-state index contributed by atoms with van der Waals surface area (Å²) in [4.78, 5) is 0. The van der Waals surface area contributed by atoms with Crippen molar-refractivity contribution in [3.05, 3.63) is 30.3 Å². The van der Waals surface area contributed by atoms with Crippen molar-refractivity contribution in [2.24, 2.45) is 0 Å². The largest absolute Gasteiger partial charge is 0.537 e. The average molecular weight is 419 g/mol. The molecule has 0 heterocycles. The van der Waals surface area contributed by atoms with Crippen molar-refractivity contribution >= 4 is 22.8 Å². The molecule has 0 aliphatic carbocycles. The van der Waals surface area contributed by atoms with Gasteiger partial charge in [0.1, 0.15) is 0 Å². The third-order valence-electron chi connectivity index (χ3n) is 3.90. The number of rotatable bonds is 13. The highest BCUT2D eigenvalue weighted by Crippen LogP contribution is 2.15. The normalized spacial score (nSPS) is 11.8. The Labute approximate surface area is 167 Å². The van der Waals surface area contributed by atoms with Crippen molar-refractivity contribution in [3.63, 3.8) is 0 Å². The van der Waals surface area contributed by atoms with E-state index in [-0.39, 0.29) is 0 Å². The Morgan fingerprint density at radius 3 is 1.48 bits per heavy atom. The lowest BCUT2D eigenvalue weighted by Crippen LogP contribution is -2.56. The first-order valence-corrected chi connectivity index (χ1v) is 13.3. The number of benzene rings is 1. The smallest absolute Gasteiger partial charge is 0.377 e. The van der Waals surface area contributed by atoms with Crippen LogP contribution < -0.4 is 5.19 Å². The molecule has 0 aromatic heterocycles. The van der Waals surface area contributed by atoms with Crippen LogP contribution in [-0.2, 0) is 26.6 Å². The zero-order valence-electron chi connectivity index (χ0n) is 18.1. The first-order chi connectivity index (χ1) is 13.0. The molecule has 0 unspecified atom stereocenters. The van der Waals surface area contributed by atoms with Gasteiger partial charge in [0.25, 0.3) is 0 Å². The summed E-state index contributed by atoms with van der Waals surface area (Å²) in [5.41, 5.74) is 0. The van der Waals surface area contributed by atoms with Gasteiger partial charge in [-0.1, -0.05) is 43.7 Å². The van der Waals surface area contributed by atoms with Crippen LogP contribution in [-0.4, -0.2) is 58.8 Å². The van der Waals surface area contributed by atoms with E-state index in [9.17, 15) is 0 Å². The SMILES string of the molecule is CCCC[Si](OC)(OC)OC.CCO[Si](OCC)(OCC)c1ccccc1. The van der Waals surface area contributed by atoms with Crippen LogP contribution in [0.2, 0.25) is 6.04 Å². The van der Waals surface area contributed by atoms with Crippen molar-refractivity contribution in [1.29, 1.82) is 0 Å². The Morgan fingerprint density at radius 2 is 1.15 bits per heavy atom. The minimum absolute atomic E-state index is 0.598. The zero-order chi connectivity index (χ0) is 20.6. The first kappa shape index (κ1) is 26.4. The molecule has 1 rings (SSSR count). The highest BCUT2D eigenvalue weighted by atomic mass is 28.4. The van der Waals surface area contributed by atoms with Gasteiger partial charge >= 0.3 is 17.6 Å². The molecule has 6 nitrogen and oxygen atoms in total. The molecule has 0 saturated carbocycles. The second kappa shape index (κ2) is 15.3. The molecule has 0 N–H and O–H groups in total. The highest BCUT2D eigenvalue weighted by Gasteiger charge is 2.42. The molecule has 0 radical (unpaired) electrons. The van der Waals surface area contributed by atoms with Crippen molar-refractivity contribution in [2.45, 2.75) is 46.6 Å². The van der Waals surface area contributed by atoms with Gasteiger partial charge in [0.05, 0.1) is 0 Å². The standard InChI is InChI=1S/C12H20O3Si.C7H18O3Si/c1-4-13-16(14-5-2,15-6-3)12-10-8-7-9-11-12;1-5-6-7-11(8-2,9-3)10-4/h7-11H,4-6H2,1-3H3;5-7H2,1-4H3. The minimum atomic E-state index is -2.67. The van der Waals surface area contributed by atoms with Gasteiger partial charge in [-0.05, 0) is 27.2 Å². The topological polar surface area (TPSA) is 55.4 Å². The Kier molecular flexibility index (Phi) is 15.0. The number of unbranched alkanes of at least 4 members (excludes halogenated alkanes) is 1. The molecule has 0 fully saturated rings.